The zero-order chi connectivity index (χ0) is 50.0. The highest BCUT2D eigenvalue weighted by atomic mass is 19.4. The molecule has 0 unspecified atom stereocenters. The van der Waals surface area contributed by atoms with Crippen LogP contribution in [0.5, 0.6) is 0 Å². The van der Waals surface area contributed by atoms with Crippen LogP contribution in [0, 0.1) is 0 Å². The first-order valence-electron chi connectivity index (χ1n) is 21.5. The lowest BCUT2D eigenvalue weighted by Crippen LogP contribution is -2.11. The predicted octanol–water partition coefficient (Wildman–Crippen LogP) is 17.0. The van der Waals surface area contributed by atoms with Crippen molar-refractivity contribution < 1.29 is 52.7 Å². The summed E-state index contributed by atoms with van der Waals surface area (Å²) in [6, 6.07) is 40.5. The molecule has 4 nitrogen and oxygen atoms in total. The molecule has 0 radical (unpaired) electrons. The third-order valence-electron chi connectivity index (χ3n) is 11.9. The van der Waals surface area contributed by atoms with Gasteiger partial charge in [-0.3, -0.25) is 0 Å². The molecule has 10 rings (SSSR count). The second-order valence-corrected chi connectivity index (χ2v) is 16.4. The molecule has 0 saturated carbocycles. The highest BCUT2D eigenvalue weighted by molar-refractivity contribution is 6.12. The van der Waals surface area contributed by atoms with Gasteiger partial charge in [-0.05, 0) is 82.9 Å². The van der Waals surface area contributed by atoms with Crippen LogP contribution in [-0.4, -0.2) is 19.5 Å². The van der Waals surface area contributed by atoms with Gasteiger partial charge in [0.25, 0.3) is 0 Å². The van der Waals surface area contributed by atoms with Crippen LogP contribution >= 0.6 is 0 Å². The monoisotopic (exact) mass is 974 g/mol. The minimum atomic E-state index is -5.16. The largest absolute Gasteiger partial charge is 0.417 e. The van der Waals surface area contributed by atoms with E-state index in [9.17, 15) is 26.3 Å². The zero-order valence-corrected chi connectivity index (χ0v) is 36.1. The number of para-hydroxylation sites is 1. The quantitative estimate of drug-likeness (QED) is 0.150. The van der Waals surface area contributed by atoms with Gasteiger partial charge in [-0.2, -0.15) is 52.7 Å². The number of rotatable bonds is 7. The average molecular weight is 975 g/mol. The van der Waals surface area contributed by atoms with Crippen molar-refractivity contribution in [1.29, 1.82) is 0 Å². The van der Waals surface area contributed by atoms with Crippen molar-refractivity contribution in [2.24, 2.45) is 0 Å². The zero-order valence-electron chi connectivity index (χ0n) is 36.1. The maximum absolute atomic E-state index is 15.3. The minimum absolute atomic E-state index is 0.000140. The van der Waals surface area contributed by atoms with Crippen molar-refractivity contribution in [1.82, 2.24) is 19.5 Å². The molecule has 0 aliphatic rings. The van der Waals surface area contributed by atoms with Gasteiger partial charge in [-0.1, -0.05) is 121 Å². The number of hydrogen-bond acceptors (Lipinski definition) is 3. The van der Waals surface area contributed by atoms with Crippen LogP contribution in [0.3, 0.4) is 0 Å². The molecular formula is C55H30F12N4. The minimum Gasteiger partial charge on any atom is -0.308 e. The second-order valence-electron chi connectivity index (χ2n) is 16.4. The Balaban J connectivity index is 1.35. The van der Waals surface area contributed by atoms with Gasteiger partial charge in [0, 0.05) is 38.6 Å². The van der Waals surface area contributed by atoms with Crippen molar-refractivity contribution >= 4 is 21.8 Å². The van der Waals surface area contributed by atoms with Crippen LogP contribution < -0.4 is 0 Å². The van der Waals surface area contributed by atoms with Crippen LogP contribution in [0.15, 0.2) is 182 Å². The Morgan fingerprint density at radius 2 is 0.718 bits per heavy atom. The first kappa shape index (κ1) is 46.5. The molecule has 0 aliphatic heterocycles. The first-order valence-corrected chi connectivity index (χ1v) is 21.5. The Labute approximate surface area is 395 Å². The van der Waals surface area contributed by atoms with Gasteiger partial charge in [0.15, 0.2) is 17.5 Å². The highest BCUT2D eigenvalue weighted by Gasteiger charge is 2.39. The molecule has 2 aromatic heterocycles. The molecule has 0 spiro atoms. The van der Waals surface area contributed by atoms with E-state index in [0.29, 0.717) is 28.6 Å². The lowest BCUT2D eigenvalue weighted by Gasteiger charge is -2.24. The maximum Gasteiger partial charge on any atom is 0.417 e. The topological polar surface area (TPSA) is 43.6 Å². The lowest BCUT2D eigenvalue weighted by molar-refractivity contribution is -0.143. The van der Waals surface area contributed by atoms with Gasteiger partial charge in [-0.25, -0.2) is 15.0 Å². The van der Waals surface area contributed by atoms with Crippen LogP contribution in [0.4, 0.5) is 52.7 Å². The number of benzene rings is 8. The maximum atomic E-state index is 15.3. The Morgan fingerprint density at radius 1 is 0.296 bits per heavy atom. The summed E-state index contributed by atoms with van der Waals surface area (Å²) >= 11 is 0. The Morgan fingerprint density at radius 3 is 1.20 bits per heavy atom. The predicted molar refractivity (Wildman–Crippen MR) is 247 cm³/mol. The summed E-state index contributed by atoms with van der Waals surface area (Å²) in [5, 5.41) is 0.523. The molecule has 0 bridgehead atoms. The number of halogens is 12. The molecule has 0 amide bonds. The van der Waals surface area contributed by atoms with Crippen molar-refractivity contribution in [2.45, 2.75) is 24.7 Å². The summed E-state index contributed by atoms with van der Waals surface area (Å²) in [4.78, 5) is 14.2. The highest BCUT2D eigenvalue weighted by Crippen LogP contribution is 2.49. The van der Waals surface area contributed by atoms with Gasteiger partial charge in [-0.15, -0.1) is 0 Å². The van der Waals surface area contributed by atoms with Crippen LogP contribution in [0.1, 0.15) is 22.3 Å². The molecule has 16 heteroatoms. The summed E-state index contributed by atoms with van der Waals surface area (Å²) in [5.41, 5.74) is -6.07. The average Bonchev–Trinajstić information content (AvgIpc) is 3.68. The van der Waals surface area contributed by atoms with E-state index in [1.807, 2.05) is 0 Å². The SMILES string of the molecule is FC(F)(F)c1cc(-c2ccc3c(c2)c2ccccc2n3-c2c(-c3ccccc3C(F)(F)F)cc(-c3nc(-c4ccccc4)nc(-c4ccccc4)n3)cc2-c2ccccc2C(F)(F)F)cc(C(F)(F)F)c1. The number of nitrogens with zero attached hydrogens (tertiary/aromatic N) is 4. The number of fused-ring (bicyclic) bond motifs is 3. The van der Waals surface area contributed by atoms with Gasteiger partial charge < -0.3 is 4.57 Å². The summed E-state index contributed by atoms with van der Waals surface area (Å²) in [5.74, 6) is 0.190. The van der Waals surface area contributed by atoms with E-state index >= 15 is 26.3 Å². The molecule has 10 aromatic rings. The molecule has 8 aromatic carbocycles. The van der Waals surface area contributed by atoms with Gasteiger partial charge in [0.2, 0.25) is 0 Å². The molecule has 0 saturated heterocycles. The van der Waals surface area contributed by atoms with Gasteiger partial charge in [0.05, 0.1) is 39.0 Å². The molecule has 0 fully saturated rings. The van der Waals surface area contributed by atoms with Crippen LogP contribution in [0.2, 0.25) is 0 Å². The molecule has 71 heavy (non-hydrogen) atoms. The lowest BCUT2D eigenvalue weighted by atomic mass is 9.88. The van der Waals surface area contributed by atoms with E-state index in [0.717, 1.165) is 12.1 Å². The van der Waals surface area contributed by atoms with Crippen molar-refractivity contribution in [3.05, 3.63) is 204 Å². The van der Waals surface area contributed by atoms with E-state index in [-0.39, 0.29) is 67.9 Å². The molecule has 354 valence electrons. The fourth-order valence-corrected chi connectivity index (χ4v) is 8.80. The standard InChI is InChI=1S/C55H30F12N4/c56-52(57,58)36-25-34(26-37(30-36)53(59,60)61)33-23-24-47-41(27-33)40-19-9-12-22-46(40)71(47)48-42(38-17-7-10-20-44(38)54(62,63)64)28-35(29-43(48)39-18-8-11-21-45(39)55(65,66)67)51-69-49(31-13-3-1-4-14-31)68-50(70-51)32-15-5-2-6-16-32/h1-30H. The Kier molecular flexibility index (Phi) is 11.3. The van der Waals surface area contributed by atoms with Crippen molar-refractivity contribution in [3.8, 4) is 73.2 Å². The van der Waals surface area contributed by atoms with E-state index in [2.05, 4.69) is 0 Å². The van der Waals surface area contributed by atoms with Crippen LogP contribution in [-0.2, 0) is 24.7 Å². The number of aromatic nitrogens is 4. The van der Waals surface area contributed by atoms with Crippen molar-refractivity contribution in [2.75, 3.05) is 0 Å². The second kappa shape index (κ2) is 17.3. The summed E-state index contributed by atoms with van der Waals surface area (Å²) < 4.78 is 178. The summed E-state index contributed by atoms with van der Waals surface area (Å²) in [6.07, 6.45) is -20.4. The fraction of sp³-hybridized carbons (Fsp3) is 0.0727. The van der Waals surface area contributed by atoms with Gasteiger partial charge >= 0.3 is 24.7 Å². The normalized spacial score (nSPS) is 12.5. The summed E-state index contributed by atoms with van der Waals surface area (Å²) in [6.45, 7) is 0. The molecule has 0 atom stereocenters. The Hall–Kier alpha value is -8.27. The number of alkyl halides is 12. The van der Waals surface area contributed by atoms with E-state index < -0.39 is 63.6 Å². The Bertz CT molecular complexity index is 3480. The first-order chi connectivity index (χ1) is 33.7. The molecule has 2 heterocycles. The summed E-state index contributed by atoms with van der Waals surface area (Å²) in [7, 11) is 0. The molecular weight excluding hydrogens is 945 g/mol. The van der Waals surface area contributed by atoms with E-state index in [1.165, 1.54) is 71.3 Å². The van der Waals surface area contributed by atoms with Gasteiger partial charge in [0.1, 0.15) is 0 Å². The van der Waals surface area contributed by atoms with E-state index in [1.54, 1.807) is 84.9 Å². The number of hydrogen-bond donors (Lipinski definition) is 0. The smallest absolute Gasteiger partial charge is 0.308 e. The fourth-order valence-electron chi connectivity index (χ4n) is 8.80. The molecule has 0 aliphatic carbocycles. The third kappa shape index (κ3) is 8.85. The van der Waals surface area contributed by atoms with Crippen LogP contribution in [0.25, 0.3) is 95.0 Å². The molecule has 0 N–H and O–H groups in total. The third-order valence-corrected chi connectivity index (χ3v) is 11.9. The van der Waals surface area contributed by atoms with Crippen molar-refractivity contribution in [3.63, 3.8) is 0 Å². The van der Waals surface area contributed by atoms with E-state index in [4.69, 9.17) is 15.0 Å².